The first kappa shape index (κ1) is 11.4. The van der Waals surface area contributed by atoms with Gasteiger partial charge < -0.3 is 10.4 Å². The van der Waals surface area contributed by atoms with Crippen molar-refractivity contribution in [3.63, 3.8) is 0 Å². The number of rotatable bonds is 3. The van der Waals surface area contributed by atoms with E-state index >= 15 is 0 Å². The van der Waals surface area contributed by atoms with Crippen LogP contribution in [0.5, 0.6) is 0 Å². The normalized spacial score (nSPS) is 21.9. The fourth-order valence-electron chi connectivity index (χ4n) is 1.97. The van der Waals surface area contributed by atoms with Crippen molar-refractivity contribution in [2.75, 3.05) is 13.1 Å². The van der Waals surface area contributed by atoms with Crippen molar-refractivity contribution in [1.82, 2.24) is 5.32 Å². The molecular weight excluding hydrogens is 192 g/mol. The molecule has 0 spiro atoms. The molecule has 1 aliphatic heterocycles. The van der Waals surface area contributed by atoms with Crippen LogP contribution in [0.2, 0.25) is 0 Å². The largest absolute Gasteiger partial charge is 0.481 e. The minimum atomic E-state index is -2.91. The van der Waals surface area contributed by atoms with E-state index in [0.29, 0.717) is 13.1 Å². The first-order valence-corrected chi connectivity index (χ1v) is 4.68. The van der Waals surface area contributed by atoms with Gasteiger partial charge in [0, 0.05) is 6.42 Å². The minimum Gasteiger partial charge on any atom is -0.481 e. The summed E-state index contributed by atoms with van der Waals surface area (Å²) in [4.78, 5) is 11.0. The van der Waals surface area contributed by atoms with Crippen LogP contribution in [0.1, 0.15) is 26.2 Å². The average molecular weight is 207 g/mol. The quantitative estimate of drug-likeness (QED) is 0.737. The van der Waals surface area contributed by atoms with Gasteiger partial charge in [0.1, 0.15) is 0 Å². The van der Waals surface area contributed by atoms with Crippen LogP contribution in [0, 0.1) is 5.41 Å². The number of hydrogen-bond acceptors (Lipinski definition) is 2. The Morgan fingerprint density at radius 3 is 2.36 bits per heavy atom. The lowest BCUT2D eigenvalue weighted by molar-refractivity contribution is -0.157. The summed E-state index contributed by atoms with van der Waals surface area (Å²) in [6.07, 6.45) is 0.00847. The van der Waals surface area contributed by atoms with Crippen molar-refractivity contribution >= 4 is 5.97 Å². The highest BCUT2D eigenvalue weighted by Crippen LogP contribution is 2.39. The molecule has 0 unspecified atom stereocenters. The molecule has 82 valence electrons. The van der Waals surface area contributed by atoms with Gasteiger partial charge in [-0.05, 0) is 32.9 Å². The lowest BCUT2D eigenvalue weighted by atomic mass is 9.74. The number of halogens is 2. The molecule has 1 fully saturated rings. The van der Waals surface area contributed by atoms with Gasteiger partial charge in [0.05, 0.1) is 5.41 Å². The molecule has 0 aliphatic carbocycles. The lowest BCUT2D eigenvalue weighted by Crippen LogP contribution is -2.44. The summed E-state index contributed by atoms with van der Waals surface area (Å²) in [5.41, 5.74) is -1.23. The summed E-state index contributed by atoms with van der Waals surface area (Å²) in [7, 11) is 0. The Hall–Kier alpha value is -0.710. The minimum absolute atomic E-state index is 0.283. The van der Waals surface area contributed by atoms with Crippen molar-refractivity contribution in [3.8, 4) is 0 Å². The van der Waals surface area contributed by atoms with Crippen LogP contribution in [-0.2, 0) is 4.79 Å². The number of alkyl halides is 2. The van der Waals surface area contributed by atoms with Crippen LogP contribution < -0.4 is 5.32 Å². The SMILES string of the molecule is CC(F)(F)CC1(C(=O)O)CCNCC1. The van der Waals surface area contributed by atoms with Gasteiger partial charge in [0.15, 0.2) is 0 Å². The van der Waals surface area contributed by atoms with E-state index in [1.54, 1.807) is 0 Å². The zero-order chi connectivity index (χ0) is 10.8. The number of carboxylic acid groups (broad SMARTS) is 1. The molecule has 0 atom stereocenters. The van der Waals surface area contributed by atoms with Crippen molar-refractivity contribution < 1.29 is 18.7 Å². The Balaban J connectivity index is 2.76. The molecule has 0 aromatic heterocycles. The van der Waals surface area contributed by atoms with E-state index in [1.807, 2.05) is 0 Å². The average Bonchev–Trinajstić information content (AvgIpc) is 2.02. The molecule has 1 heterocycles. The summed E-state index contributed by atoms with van der Waals surface area (Å²) in [5.74, 6) is -4.00. The molecular formula is C9H15F2NO2. The number of nitrogens with one attached hydrogen (secondary N) is 1. The molecule has 1 saturated heterocycles. The second-order valence-corrected chi connectivity index (χ2v) is 4.08. The zero-order valence-electron chi connectivity index (χ0n) is 8.15. The molecule has 0 aromatic carbocycles. The van der Waals surface area contributed by atoms with E-state index in [4.69, 9.17) is 5.11 Å². The molecule has 0 radical (unpaired) electrons. The van der Waals surface area contributed by atoms with Gasteiger partial charge >= 0.3 is 5.97 Å². The van der Waals surface area contributed by atoms with Crippen molar-refractivity contribution in [1.29, 1.82) is 0 Å². The van der Waals surface area contributed by atoms with Crippen LogP contribution >= 0.6 is 0 Å². The Morgan fingerprint density at radius 2 is 2.00 bits per heavy atom. The van der Waals surface area contributed by atoms with E-state index < -0.39 is 23.7 Å². The molecule has 3 nitrogen and oxygen atoms in total. The maximum atomic E-state index is 12.8. The maximum absolute atomic E-state index is 12.8. The fourth-order valence-corrected chi connectivity index (χ4v) is 1.97. The topological polar surface area (TPSA) is 49.3 Å². The smallest absolute Gasteiger partial charge is 0.309 e. The first-order chi connectivity index (χ1) is 6.36. The van der Waals surface area contributed by atoms with E-state index in [9.17, 15) is 13.6 Å². The monoisotopic (exact) mass is 207 g/mol. The third-order valence-corrected chi connectivity index (χ3v) is 2.66. The highest BCUT2D eigenvalue weighted by Gasteiger charge is 2.45. The van der Waals surface area contributed by atoms with Crippen molar-refractivity contribution in [3.05, 3.63) is 0 Å². The summed E-state index contributed by atoms with van der Waals surface area (Å²) in [6, 6.07) is 0. The number of piperidine rings is 1. The Bertz CT molecular complexity index is 219. The number of hydrogen-bond donors (Lipinski definition) is 2. The van der Waals surface area contributed by atoms with Gasteiger partial charge in [-0.1, -0.05) is 0 Å². The third kappa shape index (κ3) is 2.64. The number of carbonyl (C=O) groups is 1. The molecule has 0 aromatic rings. The van der Waals surface area contributed by atoms with Crippen molar-refractivity contribution in [2.24, 2.45) is 5.41 Å². The van der Waals surface area contributed by atoms with Crippen LogP contribution in [-0.4, -0.2) is 30.1 Å². The highest BCUT2D eigenvalue weighted by atomic mass is 19.3. The molecule has 2 N–H and O–H groups in total. The Morgan fingerprint density at radius 1 is 1.50 bits per heavy atom. The van der Waals surface area contributed by atoms with E-state index in [2.05, 4.69) is 5.32 Å². The summed E-state index contributed by atoms with van der Waals surface area (Å²) in [5, 5.41) is 12.0. The Labute approximate surface area is 81.5 Å². The van der Waals surface area contributed by atoms with E-state index in [1.165, 1.54) is 0 Å². The number of aliphatic carboxylic acids is 1. The molecule has 0 saturated carbocycles. The van der Waals surface area contributed by atoms with Gasteiger partial charge in [-0.15, -0.1) is 0 Å². The predicted molar refractivity (Wildman–Crippen MR) is 47.4 cm³/mol. The second-order valence-electron chi connectivity index (χ2n) is 4.08. The molecule has 0 amide bonds. The zero-order valence-corrected chi connectivity index (χ0v) is 8.15. The summed E-state index contributed by atoms with van der Waals surface area (Å²) < 4.78 is 25.7. The standard InChI is InChI=1S/C9H15F2NO2/c1-8(10,11)6-9(7(13)14)2-4-12-5-3-9/h12H,2-6H2,1H3,(H,13,14). The molecule has 1 rings (SSSR count). The van der Waals surface area contributed by atoms with Gasteiger partial charge in [-0.3, -0.25) is 4.79 Å². The molecule has 14 heavy (non-hydrogen) atoms. The lowest BCUT2D eigenvalue weighted by Gasteiger charge is -2.35. The number of carboxylic acids is 1. The van der Waals surface area contributed by atoms with Gasteiger partial charge in [0.25, 0.3) is 0 Å². The maximum Gasteiger partial charge on any atom is 0.309 e. The highest BCUT2D eigenvalue weighted by molar-refractivity contribution is 5.75. The van der Waals surface area contributed by atoms with Gasteiger partial charge in [-0.25, -0.2) is 8.78 Å². The van der Waals surface area contributed by atoms with Crippen LogP contribution in [0.15, 0.2) is 0 Å². The summed E-state index contributed by atoms with van der Waals surface area (Å²) in [6.45, 7) is 1.78. The van der Waals surface area contributed by atoms with E-state index in [-0.39, 0.29) is 12.8 Å². The van der Waals surface area contributed by atoms with Gasteiger partial charge in [-0.2, -0.15) is 0 Å². The van der Waals surface area contributed by atoms with Crippen LogP contribution in [0.4, 0.5) is 8.78 Å². The predicted octanol–water partition coefficient (Wildman–Crippen LogP) is 1.49. The Kier molecular flexibility index (Phi) is 3.09. The van der Waals surface area contributed by atoms with E-state index in [0.717, 1.165) is 6.92 Å². The van der Waals surface area contributed by atoms with Gasteiger partial charge in [0.2, 0.25) is 5.92 Å². The first-order valence-electron chi connectivity index (χ1n) is 4.68. The third-order valence-electron chi connectivity index (χ3n) is 2.66. The fraction of sp³-hybridized carbons (Fsp3) is 0.889. The second kappa shape index (κ2) is 3.81. The van der Waals surface area contributed by atoms with Crippen molar-refractivity contribution in [2.45, 2.75) is 32.1 Å². The molecule has 1 aliphatic rings. The van der Waals surface area contributed by atoms with Crippen LogP contribution in [0.3, 0.4) is 0 Å². The summed E-state index contributed by atoms with van der Waals surface area (Å²) >= 11 is 0. The van der Waals surface area contributed by atoms with Crippen LogP contribution in [0.25, 0.3) is 0 Å². The molecule has 0 bridgehead atoms. The molecule has 5 heteroatoms.